The summed E-state index contributed by atoms with van der Waals surface area (Å²) in [7, 11) is 0. The largest absolute Gasteiger partial charge is 0.361 e. The van der Waals surface area contributed by atoms with Gasteiger partial charge in [-0.25, -0.2) is 0 Å². The Morgan fingerprint density at radius 3 is 3.21 bits per heavy atom. The van der Waals surface area contributed by atoms with E-state index in [0.717, 1.165) is 18.5 Å². The molecule has 1 atom stereocenters. The molecule has 0 aliphatic carbocycles. The van der Waals surface area contributed by atoms with E-state index in [1.165, 1.54) is 25.0 Å². The first-order chi connectivity index (χ1) is 6.88. The number of rotatable bonds is 3. The maximum atomic E-state index is 10.4. The van der Waals surface area contributed by atoms with Gasteiger partial charge in [0, 0.05) is 17.7 Å². The van der Waals surface area contributed by atoms with Crippen molar-refractivity contribution in [3.8, 4) is 0 Å². The average molecular weight is 211 g/mol. The second kappa shape index (κ2) is 4.64. The third kappa shape index (κ3) is 2.38. The molecular formula is C10H13NO2S. The lowest BCUT2D eigenvalue weighted by atomic mass is 10.1. The van der Waals surface area contributed by atoms with Crippen LogP contribution in [0.5, 0.6) is 0 Å². The first-order valence-corrected chi connectivity index (χ1v) is 5.96. The van der Waals surface area contributed by atoms with Crippen LogP contribution in [0.25, 0.3) is 0 Å². The zero-order valence-electron chi connectivity index (χ0n) is 7.94. The minimum atomic E-state index is 0.404. The molecule has 2 rings (SSSR count). The molecule has 0 saturated carbocycles. The zero-order chi connectivity index (χ0) is 9.80. The Bertz CT molecular complexity index is 305. The summed E-state index contributed by atoms with van der Waals surface area (Å²) in [6.45, 7) is 0. The second-order valence-corrected chi connectivity index (χ2v) is 4.94. The van der Waals surface area contributed by atoms with Crippen molar-refractivity contribution >= 4 is 18.0 Å². The number of hydrogen-bond donors (Lipinski definition) is 0. The quantitative estimate of drug-likeness (QED) is 0.720. The van der Waals surface area contributed by atoms with Crippen molar-refractivity contribution in [3.63, 3.8) is 0 Å². The highest BCUT2D eigenvalue weighted by Crippen LogP contribution is 2.27. The standard InChI is InChI=1S/C10H13NO2S/c12-7-8-5-9(13-11-8)6-10-3-1-2-4-14-10/h5,7,10H,1-4,6H2. The van der Waals surface area contributed by atoms with Gasteiger partial charge in [0.15, 0.2) is 6.29 Å². The summed E-state index contributed by atoms with van der Waals surface area (Å²) in [5.74, 6) is 2.09. The van der Waals surface area contributed by atoms with Gasteiger partial charge < -0.3 is 4.52 Å². The lowest BCUT2D eigenvalue weighted by Crippen LogP contribution is -2.11. The van der Waals surface area contributed by atoms with Gasteiger partial charge in [-0.2, -0.15) is 11.8 Å². The van der Waals surface area contributed by atoms with Crippen molar-refractivity contribution in [2.75, 3.05) is 5.75 Å². The van der Waals surface area contributed by atoms with Gasteiger partial charge in [0.2, 0.25) is 0 Å². The fourth-order valence-corrected chi connectivity index (χ4v) is 2.99. The van der Waals surface area contributed by atoms with Gasteiger partial charge in [0.25, 0.3) is 0 Å². The molecule has 1 aliphatic rings. The molecule has 1 aromatic heterocycles. The van der Waals surface area contributed by atoms with Crippen LogP contribution >= 0.6 is 11.8 Å². The number of hydrogen-bond acceptors (Lipinski definition) is 4. The molecule has 1 aliphatic heterocycles. The summed E-state index contributed by atoms with van der Waals surface area (Å²) in [5.41, 5.74) is 0.404. The minimum Gasteiger partial charge on any atom is -0.361 e. The van der Waals surface area contributed by atoms with E-state index in [0.29, 0.717) is 10.9 Å². The SMILES string of the molecule is O=Cc1cc(CC2CCCCS2)on1. The first-order valence-electron chi connectivity index (χ1n) is 4.91. The molecule has 4 heteroatoms. The predicted octanol–water partition coefficient (Wildman–Crippen LogP) is 2.32. The van der Waals surface area contributed by atoms with Crippen molar-refractivity contribution in [1.29, 1.82) is 0 Å². The smallest absolute Gasteiger partial charge is 0.171 e. The van der Waals surface area contributed by atoms with Crippen molar-refractivity contribution in [2.24, 2.45) is 0 Å². The van der Waals surface area contributed by atoms with Gasteiger partial charge in [-0.05, 0) is 18.6 Å². The van der Waals surface area contributed by atoms with Crippen LogP contribution in [-0.4, -0.2) is 22.4 Å². The maximum absolute atomic E-state index is 10.4. The highest BCUT2D eigenvalue weighted by atomic mass is 32.2. The van der Waals surface area contributed by atoms with Crippen LogP contribution in [0.3, 0.4) is 0 Å². The lowest BCUT2D eigenvalue weighted by Gasteiger charge is -2.19. The predicted molar refractivity (Wildman–Crippen MR) is 55.7 cm³/mol. The molecule has 0 amide bonds. The molecular weight excluding hydrogens is 198 g/mol. The highest BCUT2D eigenvalue weighted by molar-refractivity contribution is 7.99. The van der Waals surface area contributed by atoms with Crippen molar-refractivity contribution in [1.82, 2.24) is 5.16 Å². The van der Waals surface area contributed by atoms with Crippen LogP contribution in [0, 0.1) is 0 Å². The summed E-state index contributed by atoms with van der Waals surface area (Å²) in [6, 6.07) is 1.74. The molecule has 14 heavy (non-hydrogen) atoms. The van der Waals surface area contributed by atoms with Gasteiger partial charge in [0.05, 0.1) is 0 Å². The summed E-state index contributed by atoms with van der Waals surface area (Å²) in [6.07, 6.45) is 5.53. The Morgan fingerprint density at radius 1 is 1.64 bits per heavy atom. The van der Waals surface area contributed by atoms with Gasteiger partial charge >= 0.3 is 0 Å². The monoisotopic (exact) mass is 211 g/mol. The molecule has 0 N–H and O–H groups in total. The lowest BCUT2D eigenvalue weighted by molar-refractivity contribution is 0.111. The van der Waals surface area contributed by atoms with Gasteiger partial charge in [0.1, 0.15) is 11.5 Å². The van der Waals surface area contributed by atoms with E-state index in [-0.39, 0.29) is 0 Å². The fourth-order valence-electron chi connectivity index (χ4n) is 1.67. The number of thioether (sulfide) groups is 1. The number of aromatic nitrogens is 1. The maximum Gasteiger partial charge on any atom is 0.171 e. The Kier molecular flexibility index (Phi) is 3.24. The molecule has 1 aromatic rings. The molecule has 76 valence electrons. The number of carbonyl (C=O) groups excluding carboxylic acids is 1. The number of nitrogens with zero attached hydrogens (tertiary/aromatic N) is 1. The van der Waals surface area contributed by atoms with E-state index in [1.807, 2.05) is 11.8 Å². The summed E-state index contributed by atoms with van der Waals surface area (Å²) >= 11 is 2.00. The molecule has 0 aromatic carbocycles. The van der Waals surface area contributed by atoms with E-state index in [1.54, 1.807) is 6.07 Å². The van der Waals surface area contributed by atoms with Gasteiger partial charge in [-0.15, -0.1) is 0 Å². The van der Waals surface area contributed by atoms with Crippen LogP contribution in [0.1, 0.15) is 35.5 Å². The third-order valence-electron chi connectivity index (χ3n) is 2.40. The Hall–Kier alpha value is -0.770. The number of aldehydes is 1. The summed E-state index contributed by atoms with van der Waals surface area (Å²) in [5, 5.41) is 4.30. The van der Waals surface area contributed by atoms with E-state index >= 15 is 0 Å². The van der Waals surface area contributed by atoms with Crippen LogP contribution < -0.4 is 0 Å². The van der Waals surface area contributed by atoms with Crippen LogP contribution in [0.15, 0.2) is 10.6 Å². The molecule has 3 nitrogen and oxygen atoms in total. The Labute approximate surface area is 87.2 Å². The highest BCUT2D eigenvalue weighted by Gasteiger charge is 2.16. The second-order valence-electron chi connectivity index (χ2n) is 3.53. The van der Waals surface area contributed by atoms with E-state index in [2.05, 4.69) is 5.16 Å². The average Bonchev–Trinajstić information content (AvgIpc) is 2.67. The van der Waals surface area contributed by atoms with Crippen molar-refractivity contribution < 1.29 is 9.32 Å². The van der Waals surface area contributed by atoms with Crippen LogP contribution in [0.4, 0.5) is 0 Å². The molecule has 1 saturated heterocycles. The Morgan fingerprint density at radius 2 is 2.57 bits per heavy atom. The Balaban J connectivity index is 1.92. The van der Waals surface area contributed by atoms with Crippen LogP contribution in [0.2, 0.25) is 0 Å². The van der Waals surface area contributed by atoms with Gasteiger partial charge in [-0.3, -0.25) is 4.79 Å². The number of carbonyl (C=O) groups is 1. The van der Waals surface area contributed by atoms with E-state index in [4.69, 9.17) is 4.52 Å². The third-order valence-corrected chi connectivity index (χ3v) is 3.80. The molecule has 0 spiro atoms. The summed E-state index contributed by atoms with van der Waals surface area (Å²) in [4.78, 5) is 10.4. The molecule has 1 fully saturated rings. The van der Waals surface area contributed by atoms with Crippen molar-refractivity contribution in [3.05, 3.63) is 17.5 Å². The minimum absolute atomic E-state index is 0.404. The molecule has 2 heterocycles. The molecule has 0 radical (unpaired) electrons. The van der Waals surface area contributed by atoms with E-state index < -0.39 is 0 Å². The normalized spacial score (nSPS) is 22.1. The summed E-state index contributed by atoms with van der Waals surface area (Å²) < 4.78 is 5.06. The zero-order valence-corrected chi connectivity index (χ0v) is 8.76. The topological polar surface area (TPSA) is 43.1 Å². The molecule has 1 unspecified atom stereocenters. The molecule has 0 bridgehead atoms. The fraction of sp³-hybridized carbons (Fsp3) is 0.600. The van der Waals surface area contributed by atoms with E-state index in [9.17, 15) is 4.79 Å². The van der Waals surface area contributed by atoms with Gasteiger partial charge in [-0.1, -0.05) is 11.6 Å². The van der Waals surface area contributed by atoms with Crippen molar-refractivity contribution in [2.45, 2.75) is 30.9 Å². The van der Waals surface area contributed by atoms with Crippen LogP contribution in [-0.2, 0) is 6.42 Å². The first kappa shape index (κ1) is 9.77.